The van der Waals surface area contributed by atoms with Crippen molar-refractivity contribution < 1.29 is 14.7 Å². The molecule has 2 amide bonds. The molecule has 2 rings (SSSR count). The molecule has 0 aliphatic carbocycles. The van der Waals surface area contributed by atoms with E-state index in [9.17, 15) is 20.0 Å². The number of rotatable bonds is 0. The number of aliphatic hydroxyl groups is 1. The number of hydrogen-bond acceptors (Lipinski definition) is 5. The van der Waals surface area contributed by atoms with Crippen LogP contribution in [0.2, 0.25) is 0 Å². The molecule has 7 heteroatoms. The number of hydrogen-bond donors (Lipinski definition) is 3. The van der Waals surface area contributed by atoms with E-state index in [0.29, 0.717) is 0 Å². The number of carbonyl (C=O) groups excluding carboxylic acids is 2. The molecule has 2 aliphatic rings. The second kappa shape index (κ2) is 3.27. The Balaban J connectivity index is 2.84. The first-order chi connectivity index (χ1) is 8.55. The van der Waals surface area contributed by atoms with Crippen molar-refractivity contribution in [2.24, 2.45) is 16.6 Å². The molecular weight excluding hydrogens is 248 g/mol. The molecule has 0 saturated carbocycles. The lowest BCUT2D eigenvalue weighted by molar-refractivity contribution is -0.149. The normalized spacial score (nSPS) is 36.9. The van der Waals surface area contributed by atoms with Crippen molar-refractivity contribution >= 4 is 11.8 Å². The van der Waals surface area contributed by atoms with Crippen molar-refractivity contribution in [2.45, 2.75) is 26.5 Å². The molecule has 0 bridgehead atoms. The maximum atomic E-state index is 12.5. The zero-order chi connectivity index (χ0) is 14.8. The minimum Gasteiger partial charge on any atom is -0.384 e. The molecule has 0 aromatic carbocycles. The smallest absolute Gasteiger partial charge is 0.249 e. The number of carbonyl (C=O) groups is 2. The van der Waals surface area contributed by atoms with Gasteiger partial charge in [-0.3, -0.25) is 14.5 Å². The molecule has 2 heterocycles. The summed E-state index contributed by atoms with van der Waals surface area (Å²) < 4.78 is 0. The lowest BCUT2D eigenvalue weighted by Crippen LogP contribution is -2.53. The van der Waals surface area contributed by atoms with Crippen molar-refractivity contribution in [1.82, 2.24) is 10.2 Å². The minimum absolute atomic E-state index is 0.0478. The molecule has 1 saturated heterocycles. The summed E-state index contributed by atoms with van der Waals surface area (Å²) in [4.78, 5) is 25.9. The van der Waals surface area contributed by atoms with Gasteiger partial charge in [0.15, 0.2) is 5.41 Å². The van der Waals surface area contributed by atoms with E-state index >= 15 is 0 Å². The van der Waals surface area contributed by atoms with Gasteiger partial charge in [0.2, 0.25) is 11.8 Å². The third-order valence-electron chi connectivity index (χ3n) is 4.58. The first kappa shape index (κ1) is 13.4. The Morgan fingerprint density at radius 1 is 1.37 bits per heavy atom. The average molecular weight is 264 g/mol. The SMILES string of the molecule is CN1C(=O)[C@@]2(C(=O)N[C@](C)(O)C2(C)C)C(C#N)=C1N. The van der Waals surface area contributed by atoms with E-state index in [1.165, 1.54) is 14.0 Å². The third kappa shape index (κ3) is 1.10. The Hall–Kier alpha value is -2.07. The molecule has 0 aromatic heterocycles. The summed E-state index contributed by atoms with van der Waals surface area (Å²) >= 11 is 0. The van der Waals surface area contributed by atoms with Crippen molar-refractivity contribution in [1.29, 1.82) is 5.26 Å². The second-order valence-corrected chi connectivity index (χ2v) is 5.64. The highest BCUT2D eigenvalue weighted by Gasteiger charge is 2.75. The quantitative estimate of drug-likeness (QED) is 0.485. The Morgan fingerprint density at radius 3 is 2.26 bits per heavy atom. The standard InChI is InChI=1S/C12H16N4O3/c1-10(2)11(3,19)15-8(17)12(10)6(5-13)7(14)16(4)9(12)18/h19H,14H2,1-4H3,(H,15,17)/t11-,12+/m1/s1. The van der Waals surface area contributed by atoms with Gasteiger partial charge >= 0.3 is 0 Å². The molecular formula is C12H16N4O3. The molecule has 7 nitrogen and oxygen atoms in total. The fourth-order valence-electron chi connectivity index (χ4n) is 2.88. The Kier molecular flexibility index (Phi) is 2.30. The van der Waals surface area contributed by atoms with Gasteiger partial charge in [-0.1, -0.05) is 13.8 Å². The summed E-state index contributed by atoms with van der Waals surface area (Å²) in [6.45, 7) is 4.52. The van der Waals surface area contributed by atoms with E-state index in [4.69, 9.17) is 5.73 Å². The molecule has 4 N–H and O–H groups in total. The van der Waals surface area contributed by atoms with E-state index in [1.807, 2.05) is 6.07 Å². The van der Waals surface area contributed by atoms with Crippen LogP contribution < -0.4 is 11.1 Å². The number of nitrogens with zero attached hydrogens (tertiary/aromatic N) is 2. The highest BCUT2D eigenvalue weighted by Crippen LogP contribution is 2.58. The maximum Gasteiger partial charge on any atom is 0.249 e. The predicted molar refractivity (Wildman–Crippen MR) is 64.6 cm³/mol. The summed E-state index contributed by atoms with van der Waals surface area (Å²) in [5.74, 6) is -1.34. The fourth-order valence-corrected chi connectivity index (χ4v) is 2.88. The Morgan fingerprint density at radius 2 is 1.89 bits per heavy atom. The molecule has 0 radical (unpaired) electrons. The van der Waals surface area contributed by atoms with Crippen molar-refractivity contribution in [3.8, 4) is 6.07 Å². The highest BCUT2D eigenvalue weighted by molar-refractivity contribution is 6.14. The van der Waals surface area contributed by atoms with Gasteiger partial charge in [0.05, 0.1) is 5.57 Å². The van der Waals surface area contributed by atoms with Gasteiger partial charge in [0.25, 0.3) is 0 Å². The maximum absolute atomic E-state index is 12.5. The topological polar surface area (TPSA) is 119 Å². The Bertz CT molecular complexity index is 570. The third-order valence-corrected chi connectivity index (χ3v) is 4.58. The molecule has 0 aromatic rings. The monoisotopic (exact) mass is 264 g/mol. The molecule has 19 heavy (non-hydrogen) atoms. The lowest BCUT2D eigenvalue weighted by Gasteiger charge is -2.39. The summed E-state index contributed by atoms with van der Waals surface area (Å²) in [7, 11) is 1.40. The van der Waals surface area contributed by atoms with Crippen LogP contribution in [0.4, 0.5) is 0 Å². The van der Waals surface area contributed by atoms with Crippen LogP contribution in [-0.4, -0.2) is 34.6 Å². The predicted octanol–water partition coefficient (Wildman–Crippen LogP) is -0.997. The van der Waals surface area contributed by atoms with Crippen molar-refractivity contribution in [2.75, 3.05) is 7.05 Å². The highest BCUT2D eigenvalue weighted by atomic mass is 16.3. The molecule has 2 aliphatic heterocycles. The minimum atomic E-state index is -1.77. The van der Waals surface area contributed by atoms with E-state index < -0.39 is 28.4 Å². The summed E-state index contributed by atoms with van der Waals surface area (Å²) in [6, 6.07) is 1.85. The number of amides is 2. The van der Waals surface area contributed by atoms with E-state index in [2.05, 4.69) is 5.32 Å². The van der Waals surface area contributed by atoms with Crippen LogP contribution in [0.15, 0.2) is 11.4 Å². The van der Waals surface area contributed by atoms with E-state index in [0.717, 1.165) is 4.90 Å². The number of nitrogens with one attached hydrogen (secondary N) is 1. The van der Waals surface area contributed by atoms with E-state index in [-0.39, 0.29) is 11.4 Å². The Labute approximate surface area is 110 Å². The average Bonchev–Trinajstić information content (AvgIpc) is 2.57. The van der Waals surface area contributed by atoms with Crippen LogP contribution >= 0.6 is 0 Å². The zero-order valence-electron chi connectivity index (χ0n) is 11.2. The lowest BCUT2D eigenvalue weighted by atomic mass is 9.60. The van der Waals surface area contributed by atoms with Gasteiger partial charge < -0.3 is 16.2 Å². The van der Waals surface area contributed by atoms with Crippen LogP contribution in [0.25, 0.3) is 0 Å². The van der Waals surface area contributed by atoms with Gasteiger partial charge in [-0.2, -0.15) is 5.26 Å². The molecule has 1 fully saturated rings. The van der Waals surface area contributed by atoms with Crippen molar-refractivity contribution in [3.63, 3.8) is 0 Å². The summed E-state index contributed by atoms with van der Waals surface area (Å²) in [5.41, 5.74) is 1.03. The van der Waals surface area contributed by atoms with Gasteiger partial charge in [0.1, 0.15) is 17.6 Å². The van der Waals surface area contributed by atoms with Gasteiger partial charge in [0, 0.05) is 12.5 Å². The van der Waals surface area contributed by atoms with Crippen LogP contribution in [0.5, 0.6) is 0 Å². The summed E-state index contributed by atoms with van der Waals surface area (Å²) in [6.07, 6.45) is 0. The van der Waals surface area contributed by atoms with Gasteiger partial charge in [-0.15, -0.1) is 0 Å². The second-order valence-electron chi connectivity index (χ2n) is 5.64. The molecule has 102 valence electrons. The number of nitriles is 1. The van der Waals surface area contributed by atoms with E-state index in [1.54, 1.807) is 13.8 Å². The first-order valence-corrected chi connectivity index (χ1v) is 5.79. The van der Waals surface area contributed by atoms with Crippen LogP contribution in [0.3, 0.4) is 0 Å². The molecule has 0 unspecified atom stereocenters. The van der Waals surface area contributed by atoms with Crippen LogP contribution in [-0.2, 0) is 9.59 Å². The van der Waals surface area contributed by atoms with Crippen LogP contribution in [0, 0.1) is 22.2 Å². The van der Waals surface area contributed by atoms with Gasteiger partial charge in [-0.25, -0.2) is 0 Å². The van der Waals surface area contributed by atoms with Gasteiger partial charge in [-0.05, 0) is 6.92 Å². The van der Waals surface area contributed by atoms with Crippen LogP contribution in [0.1, 0.15) is 20.8 Å². The summed E-state index contributed by atoms with van der Waals surface area (Å²) in [5, 5.41) is 22.0. The number of nitrogens with two attached hydrogens (primary N) is 1. The molecule has 1 spiro atoms. The van der Waals surface area contributed by atoms with Crippen molar-refractivity contribution in [3.05, 3.63) is 11.4 Å². The first-order valence-electron chi connectivity index (χ1n) is 5.79. The zero-order valence-corrected chi connectivity index (χ0v) is 11.2. The molecule has 2 atom stereocenters. The largest absolute Gasteiger partial charge is 0.384 e. The fraction of sp³-hybridized carbons (Fsp3) is 0.583.